The van der Waals surface area contributed by atoms with Crippen LogP contribution in [0.5, 0.6) is 17.2 Å². The van der Waals surface area contributed by atoms with Crippen molar-refractivity contribution in [3.05, 3.63) is 47.0 Å². The van der Waals surface area contributed by atoms with Gasteiger partial charge >= 0.3 is 0 Å². The number of carbonyl (C=O) groups is 1. The van der Waals surface area contributed by atoms with Crippen molar-refractivity contribution >= 4 is 35.0 Å². The molecule has 7 heteroatoms. The quantitative estimate of drug-likeness (QED) is 0.741. The van der Waals surface area contributed by atoms with E-state index < -0.39 is 0 Å². The Labute approximate surface area is 156 Å². The minimum atomic E-state index is -0.127. The molecule has 0 radical (unpaired) electrons. The van der Waals surface area contributed by atoms with Crippen LogP contribution in [0.2, 0.25) is 5.02 Å². The Balaban J connectivity index is 1.94. The summed E-state index contributed by atoms with van der Waals surface area (Å²) in [7, 11) is 4.73. The third kappa shape index (κ3) is 5.47. The van der Waals surface area contributed by atoms with Crippen LogP contribution in [0.25, 0.3) is 0 Å². The highest BCUT2D eigenvalue weighted by Crippen LogP contribution is 2.30. The molecule has 1 amide bonds. The third-order valence-electron chi connectivity index (χ3n) is 3.41. The van der Waals surface area contributed by atoms with Crippen LogP contribution in [0.1, 0.15) is 5.56 Å². The van der Waals surface area contributed by atoms with E-state index in [1.807, 2.05) is 12.1 Å². The summed E-state index contributed by atoms with van der Waals surface area (Å²) < 4.78 is 15.7. The Hall–Kier alpha value is -2.05. The Kier molecular flexibility index (Phi) is 7.28. The van der Waals surface area contributed by atoms with Crippen molar-refractivity contribution in [2.24, 2.45) is 0 Å². The molecule has 0 bridgehead atoms. The molecule has 0 spiro atoms. The first kappa shape index (κ1) is 19.3. The van der Waals surface area contributed by atoms with E-state index in [0.717, 1.165) is 11.3 Å². The Morgan fingerprint density at radius 3 is 2.44 bits per heavy atom. The van der Waals surface area contributed by atoms with E-state index in [4.69, 9.17) is 25.8 Å². The van der Waals surface area contributed by atoms with Crippen molar-refractivity contribution < 1.29 is 19.0 Å². The van der Waals surface area contributed by atoms with Crippen LogP contribution >= 0.6 is 23.4 Å². The number of rotatable bonds is 8. The molecule has 2 aromatic rings. The Bertz CT molecular complexity index is 739. The summed E-state index contributed by atoms with van der Waals surface area (Å²) >= 11 is 7.49. The molecule has 0 aliphatic heterocycles. The summed E-state index contributed by atoms with van der Waals surface area (Å²) in [5, 5.41) is 3.48. The van der Waals surface area contributed by atoms with Gasteiger partial charge in [0.25, 0.3) is 0 Å². The van der Waals surface area contributed by atoms with Crippen molar-refractivity contribution in [1.82, 2.24) is 0 Å². The topological polar surface area (TPSA) is 56.8 Å². The smallest absolute Gasteiger partial charge is 0.234 e. The number of anilines is 1. The predicted octanol–water partition coefficient (Wildman–Crippen LogP) is 4.24. The van der Waals surface area contributed by atoms with Crippen molar-refractivity contribution in [3.8, 4) is 17.2 Å². The van der Waals surface area contributed by atoms with E-state index >= 15 is 0 Å². The maximum absolute atomic E-state index is 12.2. The zero-order valence-corrected chi connectivity index (χ0v) is 15.9. The summed E-state index contributed by atoms with van der Waals surface area (Å²) in [6, 6.07) is 10.7. The summed E-state index contributed by atoms with van der Waals surface area (Å²) in [4.78, 5) is 12.2. The molecular formula is C18H20ClNO4S. The molecule has 0 atom stereocenters. The zero-order chi connectivity index (χ0) is 18.2. The summed E-state index contributed by atoms with van der Waals surface area (Å²) in [5.41, 5.74) is 1.53. The number of hydrogen-bond acceptors (Lipinski definition) is 5. The number of halogens is 1. The van der Waals surface area contributed by atoms with Gasteiger partial charge in [0.2, 0.25) is 5.91 Å². The van der Waals surface area contributed by atoms with Gasteiger partial charge in [0.1, 0.15) is 17.2 Å². The second-order valence-electron chi connectivity index (χ2n) is 5.06. The molecular weight excluding hydrogens is 362 g/mol. The van der Waals surface area contributed by atoms with E-state index in [1.165, 1.54) is 11.8 Å². The SMILES string of the molecule is COc1ccc(OC)c(NC(=O)CSCc2cc(Cl)ccc2OC)c1. The van der Waals surface area contributed by atoms with Crippen LogP contribution in [-0.2, 0) is 10.5 Å². The molecule has 134 valence electrons. The molecule has 0 fully saturated rings. The lowest BCUT2D eigenvalue weighted by atomic mass is 10.2. The van der Waals surface area contributed by atoms with E-state index in [0.29, 0.717) is 28.0 Å². The number of methoxy groups -OCH3 is 3. The standard InChI is InChI=1S/C18H20ClNO4S/c1-22-14-5-7-17(24-3)15(9-14)20-18(21)11-25-10-12-8-13(19)4-6-16(12)23-2/h4-9H,10-11H2,1-3H3,(H,20,21). The first-order chi connectivity index (χ1) is 12.1. The van der Waals surface area contributed by atoms with Gasteiger partial charge in [0.15, 0.2) is 0 Å². The highest BCUT2D eigenvalue weighted by Gasteiger charge is 2.10. The Morgan fingerprint density at radius 2 is 1.76 bits per heavy atom. The number of nitrogens with one attached hydrogen (secondary N) is 1. The van der Waals surface area contributed by atoms with E-state index in [2.05, 4.69) is 5.32 Å². The molecule has 1 N–H and O–H groups in total. The maximum atomic E-state index is 12.2. The summed E-state index contributed by atoms with van der Waals surface area (Å²) in [6.07, 6.45) is 0. The number of ether oxygens (including phenoxy) is 3. The number of benzene rings is 2. The fourth-order valence-corrected chi connectivity index (χ4v) is 3.21. The highest BCUT2D eigenvalue weighted by atomic mass is 35.5. The molecule has 0 aliphatic rings. The molecule has 2 rings (SSSR count). The van der Waals surface area contributed by atoms with Crippen LogP contribution in [-0.4, -0.2) is 33.0 Å². The third-order valence-corrected chi connectivity index (χ3v) is 4.63. The van der Waals surface area contributed by atoms with E-state index in [1.54, 1.807) is 45.6 Å². The van der Waals surface area contributed by atoms with E-state index in [-0.39, 0.29) is 11.7 Å². The summed E-state index contributed by atoms with van der Waals surface area (Å²) in [6.45, 7) is 0. The molecule has 0 saturated carbocycles. The molecule has 0 heterocycles. The fourth-order valence-electron chi connectivity index (χ4n) is 2.21. The molecule has 0 saturated heterocycles. The van der Waals surface area contributed by atoms with Crippen molar-refractivity contribution in [2.45, 2.75) is 5.75 Å². The van der Waals surface area contributed by atoms with Gasteiger partial charge in [-0.05, 0) is 30.3 Å². The van der Waals surface area contributed by atoms with Gasteiger partial charge in [-0.15, -0.1) is 11.8 Å². The molecule has 0 aromatic heterocycles. The van der Waals surface area contributed by atoms with Gasteiger partial charge in [-0.2, -0.15) is 0 Å². The largest absolute Gasteiger partial charge is 0.497 e. The van der Waals surface area contributed by atoms with Crippen LogP contribution in [0.15, 0.2) is 36.4 Å². The number of hydrogen-bond donors (Lipinski definition) is 1. The number of amides is 1. The van der Waals surface area contributed by atoms with Crippen molar-refractivity contribution in [2.75, 3.05) is 32.4 Å². The average molecular weight is 382 g/mol. The predicted molar refractivity (Wildman–Crippen MR) is 102 cm³/mol. The van der Waals surface area contributed by atoms with Crippen LogP contribution in [0.3, 0.4) is 0 Å². The number of carbonyl (C=O) groups excluding carboxylic acids is 1. The second-order valence-corrected chi connectivity index (χ2v) is 6.49. The van der Waals surface area contributed by atoms with Gasteiger partial charge in [0, 0.05) is 22.4 Å². The first-order valence-electron chi connectivity index (χ1n) is 7.49. The average Bonchev–Trinajstić information content (AvgIpc) is 2.61. The lowest BCUT2D eigenvalue weighted by Crippen LogP contribution is -2.15. The van der Waals surface area contributed by atoms with Gasteiger partial charge in [-0.1, -0.05) is 11.6 Å². The monoisotopic (exact) mass is 381 g/mol. The van der Waals surface area contributed by atoms with Crippen LogP contribution < -0.4 is 19.5 Å². The van der Waals surface area contributed by atoms with Crippen LogP contribution in [0.4, 0.5) is 5.69 Å². The zero-order valence-electron chi connectivity index (χ0n) is 14.3. The lowest BCUT2D eigenvalue weighted by Gasteiger charge is -2.12. The first-order valence-corrected chi connectivity index (χ1v) is 9.02. The van der Waals surface area contributed by atoms with Gasteiger partial charge < -0.3 is 19.5 Å². The summed E-state index contributed by atoms with van der Waals surface area (Å²) in [5.74, 6) is 2.76. The van der Waals surface area contributed by atoms with E-state index in [9.17, 15) is 4.79 Å². The van der Waals surface area contributed by atoms with Crippen LogP contribution in [0, 0.1) is 0 Å². The molecule has 0 aliphatic carbocycles. The lowest BCUT2D eigenvalue weighted by molar-refractivity contribution is -0.113. The molecule has 5 nitrogen and oxygen atoms in total. The van der Waals surface area contributed by atoms with Gasteiger partial charge in [-0.25, -0.2) is 0 Å². The molecule has 25 heavy (non-hydrogen) atoms. The maximum Gasteiger partial charge on any atom is 0.234 e. The van der Waals surface area contributed by atoms with Crippen molar-refractivity contribution in [1.29, 1.82) is 0 Å². The van der Waals surface area contributed by atoms with Crippen molar-refractivity contribution in [3.63, 3.8) is 0 Å². The van der Waals surface area contributed by atoms with Gasteiger partial charge in [0.05, 0.1) is 32.8 Å². The highest BCUT2D eigenvalue weighted by molar-refractivity contribution is 7.99. The number of thioether (sulfide) groups is 1. The van der Waals surface area contributed by atoms with Gasteiger partial charge in [-0.3, -0.25) is 4.79 Å². The fraction of sp³-hybridized carbons (Fsp3) is 0.278. The Morgan fingerprint density at radius 1 is 1.04 bits per heavy atom. The minimum absolute atomic E-state index is 0.127. The minimum Gasteiger partial charge on any atom is -0.497 e. The normalized spacial score (nSPS) is 10.2. The molecule has 2 aromatic carbocycles. The molecule has 0 unspecified atom stereocenters. The second kappa shape index (κ2) is 9.44.